The molecule has 0 radical (unpaired) electrons. The fourth-order valence-electron chi connectivity index (χ4n) is 3.66. The van der Waals surface area contributed by atoms with Gasteiger partial charge in [-0.1, -0.05) is 43.2 Å². The number of carbonyl (C=O) groups is 1. The van der Waals surface area contributed by atoms with Crippen molar-refractivity contribution in [3.63, 3.8) is 0 Å². The van der Waals surface area contributed by atoms with E-state index >= 15 is 0 Å². The van der Waals surface area contributed by atoms with Gasteiger partial charge in [0.15, 0.2) is 0 Å². The van der Waals surface area contributed by atoms with Gasteiger partial charge in [-0.3, -0.25) is 10.1 Å². The molecule has 3 rings (SSSR count). The predicted molar refractivity (Wildman–Crippen MR) is 80.3 cm³/mol. The lowest BCUT2D eigenvalue weighted by molar-refractivity contribution is -0.147. The Labute approximate surface area is 121 Å². The average Bonchev–Trinajstić information content (AvgIpc) is 2.44. The number of hydrogen-bond acceptors (Lipinski definition) is 2. The summed E-state index contributed by atoms with van der Waals surface area (Å²) in [7, 11) is 0. The van der Waals surface area contributed by atoms with Crippen molar-refractivity contribution in [3.8, 4) is 0 Å². The third kappa shape index (κ3) is 2.47. The Morgan fingerprint density at radius 1 is 1.20 bits per heavy atom. The van der Waals surface area contributed by atoms with E-state index in [0.717, 1.165) is 13.0 Å². The van der Waals surface area contributed by atoms with Gasteiger partial charge in [-0.15, -0.1) is 0 Å². The summed E-state index contributed by atoms with van der Waals surface area (Å²) in [6, 6.07) is 11.2. The molecule has 1 aliphatic carbocycles. The van der Waals surface area contributed by atoms with Crippen LogP contribution in [0.2, 0.25) is 0 Å². The number of carbonyl (C=O) groups excluding carboxylic acids is 1. The topological polar surface area (TPSA) is 32.3 Å². The Morgan fingerprint density at radius 3 is 2.65 bits per heavy atom. The highest BCUT2D eigenvalue weighted by molar-refractivity contribution is 5.86. The summed E-state index contributed by atoms with van der Waals surface area (Å²) in [5, 5.41) is 3.57. The number of amides is 1. The summed E-state index contributed by atoms with van der Waals surface area (Å²) >= 11 is 0. The number of nitrogens with zero attached hydrogens (tertiary/aromatic N) is 1. The zero-order valence-corrected chi connectivity index (χ0v) is 12.4. The van der Waals surface area contributed by atoms with Crippen molar-refractivity contribution in [2.75, 3.05) is 0 Å². The fraction of sp³-hybridized carbons (Fsp3) is 0.588. The molecule has 0 bridgehead atoms. The fourth-order valence-corrected chi connectivity index (χ4v) is 3.66. The Morgan fingerprint density at radius 2 is 1.90 bits per heavy atom. The lowest BCUT2D eigenvalue weighted by Crippen LogP contribution is -2.70. The van der Waals surface area contributed by atoms with E-state index in [1.54, 1.807) is 0 Å². The predicted octanol–water partition coefficient (Wildman–Crippen LogP) is 2.71. The Bertz CT molecular complexity index is 483. The number of hydrogen-bond donors (Lipinski definition) is 1. The molecule has 1 aromatic carbocycles. The smallest absolute Gasteiger partial charge is 0.242 e. The largest absolute Gasteiger partial charge is 0.332 e. The van der Waals surface area contributed by atoms with Gasteiger partial charge in [0, 0.05) is 18.6 Å². The van der Waals surface area contributed by atoms with Crippen molar-refractivity contribution < 1.29 is 4.79 Å². The second-order valence-corrected chi connectivity index (χ2v) is 6.65. The molecule has 20 heavy (non-hydrogen) atoms. The Kier molecular flexibility index (Phi) is 3.55. The first-order valence-corrected chi connectivity index (χ1v) is 7.70. The molecule has 1 aliphatic heterocycles. The van der Waals surface area contributed by atoms with Gasteiger partial charge in [-0.2, -0.15) is 0 Å². The number of fused-ring (bicyclic) bond motifs is 1. The van der Waals surface area contributed by atoms with Gasteiger partial charge in [-0.05, 0) is 32.3 Å². The van der Waals surface area contributed by atoms with Crippen molar-refractivity contribution in [2.24, 2.45) is 0 Å². The number of benzene rings is 1. The molecule has 1 aromatic rings. The van der Waals surface area contributed by atoms with Crippen LogP contribution in [0.4, 0.5) is 0 Å². The third-order valence-electron chi connectivity index (χ3n) is 4.67. The molecule has 1 heterocycles. The summed E-state index contributed by atoms with van der Waals surface area (Å²) in [5.41, 5.74) is 0.788. The van der Waals surface area contributed by atoms with Gasteiger partial charge in [0.2, 0.25) is 5.91 Å². The van der Waals surface area contributed by atoms with E-state index in [4.69, 9.17) is 0 Å². The van der Waals surface area contributed by atoms with E-state index in [-0.39, 0.29) is 5.91 Å². The molecule has 0 unspecified atom stereocenters. The van der Waals surface area contributed by atoms with Gasteiger partial charge in [0.05, 0.1) is 5.54 Å². The zero-order valence-electron chi connectivity index (χ0n) is 12.4. The number of piperazine rings is 1. The monoisotopic (exact) mass is 272 g/mol. The quantitative estimate of drug-likeness (QED) is 0.898. The second kappa shape index (κ2) is 5.21. The van der Waals surface area contributed by atoms with Gasteiger partial charge >= 0.3 is 0 Å². The van der Waals surface area contributed by atoms with Gasteiger partial charge in [0.1, 0.15) is 0 Å². The molecule has 2 aliphatic rings. The average molecular weight is 272 g/mol. The van der Waals surface area contributed by atoms with E-state index in [9.17, 15) is 4.79 Å². The maximum Gasteiger partial charge on any atom is 0.242 e. The molecule has 3 nitrogen and oxygen atoms in total. The Balaban J connectivity index is 1.86. The van der Waals surface area contributed by atoms with Crippen LogP contribution in [0.3, 0.4) is 0 Å². The van der Waals surface area contributed by atoms with Crippen molar-refractivity contribution in [3.05, 3.63) is 35.9 Å². The summed E-state index contributed by atoms with van der Waals surface area (Å²) in [6.07, 6.45) is 4.83. The van der Waals surface area contributed by atoms with E-state index in [0.29, 0.717) is 12.1 Å². The Hall–Kier alpha value is -1.35. The first kappa shape index (κ1) is 13.6. The highest BCUT2D eigenvalue weighted by Crippen LogP contribution is 2.31. The molecule has 2 fully saturated rings. The van der Waals surface area contributed by atoms with Crippen LogP contribution in [0.5, 0.6) is 0 Å². The highest BCUT2D eigenvalue weighted by atomic mass is 16.2. The molecular weight excluding hydrogens is 248 g/mol. The van der Waals surface area contributed by atoms with Gasteiger partial charge < -0.3 is 4.90 Å². The van der Waals surface area contributed by atoms with Crippen molar-refractivity contribution in [1.82, 2.24) is 10.2 Å². The van der Waals surface area contributed by atoms with Crippen LogP contribution < -0.4 is 5.32 Å². The van der Waals surface area contributed by atoms with Crippen LogP contribution in [-0.2, 0) is 11.3 Å². The SMILES string of the molecule is CC1(C)N[C@H]2CCCC[C@@H]2N(Cc2ccccc2)C1=O. The zero-order chi connectivity index (χ0) is 14.2. The van der Waals surface area contributed by atoms with Crippen LogP contribution >= 0.6 is 0 Å². The molecular formula is C17H24N2O. The maximum atomic E-state index is 12.8. The molecule has 1 saturated carbocycles. The third-order valence-corrected chi connectivity index (χ3v) is 4.67. The lowest BCUT2D eigenvalue weighted by Gasteiger charge is -2.50. The van der Waals surface area contributed by atoms with E-state index in [1.165, 1.54) is 24.8 Å². The molecule has 3 heteroatoms. The first-order valence-electron chi connectivity index (χ1n) is 7.70. The van der Waals surface area contributed by atoms with Crippen LogP contribution in [0, 0.1) is 0 Å². The molecule has 0 aromatic heterocycles. The van der Waals surface area contributed by atoms with Crippen LogP contribution in [-0.4, -0.2) is 28.4 Å². The minimum atomic E-state index is -0.437. The van der Waals surface area contributed by atoms with Gasteiger partial charge in [0.25, 0.3) is 0 Å². The summed E-state index contributed by atoms with van der Waals surface area (Å²) in [4.78, 5) is 14.9. The molecule has 1 N–H and O–H groups in total. The minimum Gasteiger partial charge on any atom is -0.332 e. The van der Waals surface area contributed by atoms with Crippen molar-refractivity contribution in [2.45, 2.75) is 63.7 Å². The molecule has 1 amide bonds. The standard InChI is InChI=1S/C17H24N2O/c1-17(2)16(20)19(12-13-8-4-3-5-9-13)15-11-7-6-10-14(15)18-17/h3-5,8-9,14-15,18H,6-7,10-12H2,1-2H3/t14-,15-/m0/s1. The maximum absolute atomic E-state index is 12.8. The van der Waals surface area contributed by atoms with Crippen molar-refractivity contribution in [1.29, 1.82) is 0 Å². The summed E-state index contributed by atoms with van der Waals surface area (Å²) < 4.78 is 0. The molecule has 108 valence electrons. The summed E-state index contributed by atoms with van der Waals surface area (Å²) in [6.45, 7) is 4.77. The lowest BCUT2D eigenvalue weighted by atomic mass is 9.82. The summed E-state index contributed by atoms with van der Waals surface area (Å²) in [5.74, 6) is 0.240. The van der Waals surface area contributed by atoms with E-state index in [1.807, 2.05) is 32.0 Å². The minimum absolute atomic E-state index is 0.240. The second-order valence-electron chi connectivity index (χ2n) is 6.65. The first-order chi connectivity index (χ1) is 9.58. The number of nitrogens with one attached hydrogen (secondary N) is 1. The van der Waals surface area contributed by atoms with Crippen LogP contribution in [0.1, 0.15) is 45.1 Å². The van der Waals surface area contributed by atoms with Crippen molar-refractivity contribution >= 4 is 5.91 Å². The van der Waals surface area contributed by atoms with E-state index < -0.39 is 5.54 Å². The molecule has 2 atom stereocenters. The normalized spacial score (nSPS) is 29.1. The van der Waals surface area contributed by atoms with Crippen LogP contribution in [0.25, 0.3) is 0 Å². The van der Waals surface area contributed by atoms with Crippen LogP contribution in [0.15, 0.2) is 30.3 Å². The molecule has 1 saturated heterocycles. The number of rotatable bonds is 2. The van der Waals surface area contributed by atoms with Gasteiger partial charge in [-0.25, -0.2) is 0 Å². The van der Waals surface area contributed by atoms with E-state index in [2.05, 4.69) is 22.3 Å². The molecule has 0 spiro atoms. The highest BCUT2D eigenvalue weighted by Gasteiger charge is 2.45.